The van der Waals surface area contributed by atoms with E-state index in [1.807, 2.05) is 0 Å². The summed E-state index contributed by atoms with van der Waals surface area (Å²) in [4.78, 5) is 11.7. The van der Waals surface area contributed by atoms with Crippen LogP contribution in [0.25, 0.3) is 0 Å². The van der Waals surface area contributed by atoms with Crippen molar-refractivity contribution in [1.29, 1.82) is 0 Å². The molecule has 0 saturated carbocycles. The molecule has 2 N–H and O–H groups in total. The summed E-state index contributed by atoms with van der Waals surface area (Å²) in [7, 11) is 0. The average Bonchev–Trinajstić information content (AvgIpc) is 2.42. The summed E-state index contributed by atoms with van der Waals surface area (Å²) in [6.45, 7) is 1.84. The molecule has 0 aliphatic carbocycles. The monoisotopic (exact) mass is 330 g/mol. The van der Waals surface area contributed by atoms with Crippen LogP contribution in [-0.2, 0) is 9.53 Å². The Morgan fingerprint density at radius 1 is 1.47 bits per heavy atom. The number of benzene rings is 1. The molecule has 2 rings (SSSR count). The van der Waals surface area contributed by atoms with E-state index in [9.17, 15) is 9.18 Å². The van der Waals surface area contributed by atoms with E-state index in [1.165, 1.54) is 6.07 Å². The lowest BCUT2D eigenvalue weighted by Gasteiger charge is -2.22. The smallest absolute Gasteiger partial charge is 0.250 e. The van der Waals surface area contributed by atoms with Gasteiger partial charge in [0.1, 0.15) is 12.4 Å². The van der Waals surface area contributed by atoms with E-state index in [4.69, 9.17) is 4.74 Å². The van der Waals surface area contributed by atoms with Crippen LogP contribution in [-0.4, -0.2) is 31.7 Å². The van der Waals surface area contributed by atoms with Crippen molar-refractivity contribution >= 4 is 27.5 Å². The molecule has 1 amide bonds. The fourth-order valence-corrected chi connectivity index (χ4v) is 2.17. The summed E-state index contributed by atoms with van der Waals surface area (Å²) >= 11 is 3.06. The first kappa shape index (κ1) is 14.4. The van der Waals surface area contributed by atoms with E-state index in [1.54, 1.807) is 12.1 Å². The first-order chi connectivity index (χ1) is 9.15. The minimum atomic E-state index is -0.405. The van der Waals surface area contributed by atoms with Gasteiger partial charge in [0.15, 0.2) is 0 Å². The van der Waals surface area contributed by atoms with Crippen molar-refractivity contribution in [2.24, 2.45) is 0 Å². The molecule has 4 nitrogen and oxygen atoms in total. The molecule has 1 heterocycles. The predicted molar refractivity (Wildman–Crippen MR) is 74.6 cm³/mol. The molecule has 0 aromatic heterocycles. The predicted octanol–water partition coefficient (Wildman–Crippen LogP) is 2.30. The number of carbonyl (C=O) groups is 1. The van der Waals surface area contributed by atoms with Gasteiger partial charge in [0.25, 0.3) is 0 Å². The number of piperidine rings is 1. The molecule has 1 aliphatic heterocycles. The van der Waals surface area contributed by atoms with Gasteiger partial charge < -0.3 is 15.4 Å². The molecule has 6 heteroatoms. The Labute approximate surface area is 119 Å². The minimum absolute atomic E-state index is 0.00233. The van der Waals surface area contributed by atoms with Crippen molar-refractivity contribution in [2.45, 2.75) is 18.9 Å². The standard InChI is InChI=1S/C13H16BrFN2O2/c14-11-2-1-9(7-12(11)15)17-13(18)8-19-10-3-5-16-6-4-10/h1-2,7,10,16H,3-6,8H2,(H,17,18). The summed E-state index contributed by atoms with van der Waals surface area (Å²) in [5, 5.41) is 5.84. The summed E-state index contributed by atoms with van der Waals surface area (Å²) < 4.78 is 19.2. The van der Waals surface area contributed by atoms with E-state index in [0.717, 1.165) is 25.9 Å². The van der Waals surface area contributed by atoms with Crippen molar-refractivity contribution in [1.82, 2.24) is 5.32 Å². The molecule has 1 aromatic carbocycles. The van der Waals surface area contributed by atoms with Crippen LogP contribution >= 0.6 is 15.9 Å². The molecule has 104 valence electrons. The van der Waals surface area contributed by atoms with Gasteiger partial charge in [0.2, 0.25) is 5.91 Å². The summed E-state index contributed by atoms with van der Waals surface area (Å²) in [5.41, 5.74) is 0.430. The van der Waals surface area contributed by atoms with Gasteiger partial charge in [-0.05, 0) is 60.1 Å². The summed E-state index contributed by atoms with van der Waals surface area (Å²) in [6.07, 6.45) is 1.97. The zero-order valence-corrected chi connectivity index (χ0v) is 12.0. The van der Waals surface area contributed by atoms with Gasteiger partial charge in [0.05, 0.1) is 10.6 Å². The molecule has 0 bridgehead atoms. The first-order valence-corrected chi connectivity index (χ1v) is 7.01. The SMILES string of the molecule is O=C(COC1CCNCC1)Nc1ccc(Br)c(F)c1. The largest absolute Gasteiger partial charge is 0.368 e. The molecular weight excluding hydrogens is 315 g/mol. The number of hydrogen-bond donors (Lipinski definition) is 2. The van der Waals surface area contributed by atoms with Gasteiger partial charge in [-0.1, -0.05) is 0 Å². The highest BCUT2D eigenvalue weighted by Gasteiger charge is 2.15. The van der Waals surface area contributed by atoms with E-state index < -0.39 is 5.82 Å². The van der Waals surface area contributed by atoms with E-state index >= 15 is 0 Å². The normalized spacial score (nSPS) is 16.3. The van der Waals surface area contributed by atoms with Crippen LogP contribution in [0.15, 0.2) is 22.7 Å². The molecule has 1 aliphatic rings. The molecule has 0 radical (unpaired) electrons. The Kier molecular flexibility index (Phi) is 5.30. The molecule has 0 spiro atoms. The fraction of sp³-hybridized carbons (Fsp3) is 0.462. The van der Waals surface area contributed by atoms with Crippen LogP contribution in [0.5, 0.6) is 0 Å². The maximum Gasteiger partial charge on any atom is 0.250 e. The molecule has 1 fully saturated rings. The van der Waals surface area contributed by atoms with Gasteiger partial charge in [0, 0.05) is 5.69 Å². The number of rotatable bonds is 4. The summed E-state index contributed by atoms with van der Waals surface area (Å²) in [5.74, 6) is -0.669. The molecule has 1 aromatic rings. The number of halogens is 2. The lowest BCUT2D eigenvalue weighted by Crippen LogP contribution is -2.34. The number of carbonyl (C=O) groups excluding carboxylic acids is 1. The van der Waals surface area contributed by atoms with Crippen LogP contribution in [0.2, 0.25) is 0 Å². The Morgan fingerprint density at radius 2 is 2.21 bits per heavy atom. The maximum atomic E-state index is 13.3. The van der Waals surface area contributed by atoms with E-state index in [2.05, 4.69) is 26.6 Å². The number of hydrogen-bond acceptors (Lipinski definition) is 3. The third-order valence-corrected chi connectivity index (χ3v) is 3.58. The second kappa shape index (κ2) is 6.98. The van der Waals surface area contributed by atoms with Crippen molar-refractivity contribution in [3.8, 4) is 0 Å². The Bertz CT molecular complexity index is 450. The highest BCUT2D eigenvalue weighted by molar-refractivity contribution is 9.10. The number of ether oxygens (including phenoxy) is 1. The van der Waals surface area contributed by atoms with E-state index in [-0.39, 0.29) is 18.6 Å². The van der Waals surface area contributed by atoms with Crippen LogP contribution < -0.4 is 10.6 Å². The van der Waals surface area contributed by atoms with Crippen molar-refractivity contribution in [3.05, 3.63) is 28.5 Å². The van der Waals surface area contributed by atoms with Gasteiger partial charge in [-0.2, -0.15) is 0 Å². The highest BCUT2D eigenvalue weighted by atomic mass is 79.9. The van der Waals surface area contributed by atoms with Crippen LogP contribution in [0.3, 0.4) is 0 Å². The lowest BCUT2D eigenvalue weighted by molar-refractivity contribution is -0.123. The van der Waals surface area contributed by atoms with Crippen LogP contribution in [0, 0.1) is 5.82 Å². The quantitative estimate of drug-likeness (QED) is 0.890. The second-order valence-electron chi connectivity index (χ2n) is 4.44. The second-order valence-corrected chi connectivity index (χ2v) is 5.29. The topological polar surface area (TPSA) is 50.4 Å². The maximum absolute atomic E-state index is 13.3. The van der Waals surface area contributed by atoms with Gasteiger partial charge in [-0.15, -0.1) is 0 Å². The molecular formula is C13H16BrFN2O2. The lowest BCUT2D eigenvalue weighted by atomic mass is 10.1. The Morgan fingerprint density at radius 3 is 2.89 bits per heavy atom. The summed E-state index contributed by atoms with van der Waals surface area (Å²) in [6, 6.07) is 4.46. The zero-order chi connectivity index (χ0) is 13.7. The van der Waals surface area contributed by atoms with Gasteiger partial charge in [-0.25, -0.2) is 4.39 Å². The minimum Gasteiger partial charge on any atom is -0.368 e. The molecule has 0 atom stereocenters. The number of anilines is 1. The zero-order valence-electron chi connectivity index (χ0n) is 10.4. The van der Waals surface area contributed by atoms with Crippen molar-refractivity contribution < 1.29 is 13.9 Å². The van der Waals surface area contributed by atoms with Gasteiger partial charge in [-0.3, -0.25) is 4.79 Å². The van der Waals surface area contributed by atoms with Gasteiger partial charge >= 0.3 is 0 Å². The first-order valence-electron chi connectivity index (χ1n) is 6.22. The average molecular weight is 331 g/mol. The Hall–Kier alpha value is -0.980. The van der Waals surface area contributed by atoms with Crippen LogP contribution in [0.1, 0.15) is 12.8 Å². The third-order valence-electron chi connectivity index (χ3n) is 2.94. The Balaban J connectivity index is 1.78. The van der Waals surface area contributed by atoms with Crippen LogP contribution in [0.4, 0.5) is 10.1 Å². The number of amides is 1. The molecule has 0 unspecified atom stereocenters. The number of nitrogens with one attached hydrogen (secondary N) is 2. The highest BCUT2D eigenvalue weighted by Crippen LogP contribution is 2.19. The molecule has 1 saturated heterocycles. The van der Waals surface area contributed by atoms with Crippen molar-refractivity contribution in [2.75, 3.05) is 25.0 Å². The van der Waals surface area contributed by atoms with E-state index in [0.29, 0.717) is 10.2 Å². The molecule has 19 heavy (non-hydrogen) atoms. The van der Waals surface area contributed by atoms with Crippen molar-refractivity contribution in [3.63, 3.8) is 0 Å². The fourth-order valence-electron chi connectivity index (χ4n) is 1.93. The third kappa shape index (κ3) is 4.56.